The van der Waals surface area contributed by atoms with Crippen molar-refractivity contribution in [2.45, 2.75) is 26.3 Å². The zero-order valence-electron chi connectivity index (χ0n) is 12.8. The van der Waals surface area contributed by atoms with Crippen LogP contribution < -0.4 is 10.2 Å². The topological polar surface area (TPSA) is 24.5 Å². The highest BCUT2D eigenvalue weighted by atomic mass is 19.1. The van der Waals surface area contributed by atoms with Crippen LogP contribution in [0.2, 0.25) is 0 Å². The van der Waals surface area contributed by atoms with Gasteiger partial charge < -0.3 is 15.0 Å². The largest absolute Gasteiger partial charge is 0.383 e. The molecule has 5 heteroatoms. The Hall–Kier alpha value is -1.20. The van der Waals surface area contributed by atoms with E-state index in [1.807, 2.05) is 4.90 Å². The highest BCUT2D eigenvalue weighted by Gasteiger charge is 2.22. The van der Waals surface area contributed by atoms with Crippen LogP contribution in [0.25, 0.3) is 0 Å². The van der Waals surface area contributed by atoms with E-state index in [0.29, 0.717) is 31.2 Å². The molecule has 0 atom stereocenters. The van der Waals surface area contributed by atoms with Gasteiger partial charge in [-0.05, 0) is 36.5 Å². The van der Waals surface area contributed by atoms with Gasteiger partial charge in [0.25, 0.3) is 0 Å². The summed E-state index contributed by atoms with van der Waals surface area (Å²) in [4.78, 5) is 1.83. The van der Waals surface area contributed by atoms with E-state index in [-0.39, 0.29) is 5.69 Å². The molecule has 21 heavy (non-hydrogen) atoms. The second-order valence-corrected chi connectivity index (χ2v) is 5.75. The normalized spacial score (nSPS) is 16.5. The molecule has 1 fully saturated rings. The third kappa shape index (κ3) is 4.38. The van der Waals surface area contributed by atoms with E-state index in [1.54, 1.807) is 7.11 Å². The molecule has 118 valence electrons. The molecule has 1 aliphatic heterocycles. The maximum Gasteiger partial charge on any atom is 0.149 e. The summed E-state index contributed by atoms with van der Waals surface area (Å²) in [5.41, 5.74) is 0.748. The Morgan fingerprint density at radius 2 is 1.86 bits per heavy atom. The Balaban J connectivity index is 2.03. The fraction of sp³-hybridized carbons (Fsp3) is 0.625. The van der Waals surface area contributed by atoms with E-state index in [2.05, 4.69) is 12.2 Å². The number of rotatable bonds is 6. The van der Waals surface area contributed by atoms with Crippen molar-refractivity contribution in [1.29, 1.82) is 0 Å². The lowest BCUT2D eigenvalue weighted by Crippen LogP contribution is -2.34. The zero-order chi connectivity index (χ0) is 15.2. The minimum Gasteiger partial charge on any atom is -0.383 e. The summed E-state index contributed by atoms with van der Waals surface area (Å²) < 4.78 is 33.4. The van der Waals surface area contributed by atoms with Crippen molar-refractivity contribution < 1.29 is 13.5 Å². The fourth-order valence-corrected chi connectivity index (χ4v) is 2.66. The van der Waals surface area contributed by atoms with Gasteiger partial charge in [0.1, 0.15) is 17.3 Å². The van der Waals surface area contributed by atoms with E-state index in [0.717, 1.165) is 25.9 Å². The second kappa shape index (κ2) is 7.71. The summed E-state index contributed by atoms with van der Waals surface area (Å²) in [5.74, 6) is -0.294. The minimum atomic E-state index is -0.465. The predicted molar refractivity (Wildman–Crippen MR) is 80.6 cm³/mol. The van der Waals surface area contributed by atoms with Crippen LogP contribution in [0.3, 0.4) is 0 Å². The standard InChI is InChI=1S/C16H24F2N2O/c1-12-3-6-20(7-4-12)16-14(17)9-13(10-15(16)18)11-19-5-8-21-2/h9-10,12,19H,3-8,11H2,1-2H3. The number of nitrogens with zero attached hydrogens (tertiary/aromatic N) is 1. The van der Waals surface area contributed by atoms with Crippen LogP contribution >= 0.6 is 0 Å². The predicted octanol–water partition coefficient (Wildman–Crippen LogP) is 2.94. The molecule has 0 amide bonds. The zero-order valence-corrected chi connectivity index (χ0v) is 12.8. The number of benzene rings is 1. The lowest BCUT2D eigenvalue weighted by Gasteiger charge is -2.32. The molecule has 1 heterocycles. The van der Waals surface area contributed by atoms with Crippen molar-refractivity contribution in [3.8, 4) is 0 Å². The van der Waals surface area contributed by atoms with Crippen molar-refractivity contribution >= 4 is 5.69 Å². The summed E-state index contributed by atoms with van der Waals surface area (Å²) in [5, 5.41) is 3.09. The van der Waals surface area contributed by atoms with Crippen LogP contribution in [-0.2, 0) is 11.3 Å². The Labute approximate surface area is 125 Å². The number of nitrogens with one attached hydrogen (secondary N) is 1. The number of halogens is 2. The van der Waals surface area contributed by atoms with Crippen molar-refractivity contribution in [3.05, 3.63) is 29.3 Å². The van der Waals surface area contributed by atoms with Gasteiger partial charge in [-0.2, -0.15) is 0 Å². The molecule has 0 saturated carbocycles. The average Bonchev–Trinajstić information content (AvgIpc) is 2.45. The van der Waals surface area contributed by atoms with E-state index >= 15 is 0 Å². The quantitative estimate of drug-likeness (QED) is 0.817. The maximum atomic E-state index is 14.2. The molecule has 0 aliphatic carbocycles. The van der Waals surface area contributed by atoms with Crippen LogP contribution in [0, 0.1) is 17.6 Å². The fourth-order valence-electron chi connectivity index (χ4n) is 2.66. The van der Waals surface area contributed by atoms with Gasteiger partial charge >= 0.3 is 0 Å². The summed E-state index contributed by atoms with van der Waals surface area (Å²) in [6, 6.07) is 2.85. The lowest BCUT2D eigenvalue weighted by molar-refractivity contribution is 0.199. The van der Waals surface area contributed by atoms with Gasteiger partial charge in [0.05, 0.1) is 6.61 Å². The van der Waals surface area contributed by atoms with Crippen LogP contribution in [0.5, 0.6) is 0 Å². The molecule has 0 radical (unpaired) electrons. The van der Waals surface area contributed by atoms with Gasteiger partial charge in [0, 0.05) is 33.3 Å². The van der Waals surface area contributed by atoms with Crippen LogP contribution in [0.1, 0.15) is 25.3 Å². The van der Waals surface area contributed by atoms with Crippen LogP contribution in [-0.4, -0.2) is 33.4 Å². The second-order valence-electron chi connectivity index (χ2n) is 5.75. The Morgan fingerprint density at radius 1 is 1.24 bits per heavy atom. The first-order valence-electron chi connectivity index (χ1n) is 7.54. The molecule has 2 rings (SSSR count). The van der Waals surface area contributed by atoms with Crippen LogP contribution in [0.15, 0.2) is 12.1 Å². The lowest BCUT2D eigenvalue weighted by atomic mass is 9.98. The molecule has 0 bridgehead atoms. The minimum absolute atomic E-state index is 0.127. The number of methoxy groups -OCH3 is 1. The third-order valence-electron chi connectivity index (χ3n) is 3.99. The van der Waals surface area contributed by atoms with E-state index in [1.165, 1.54) is 12.1 Å². The first-order valence-corrected chi connectivity index (χ1v) is 7.54. The number of piperidine rings is 1. The van der Waals surface area contributed by atoms with Gasteiger partial charge in [-0.15, -0.1) is 0 Å². The van der Waals surface area contributed by atoms with Crippen molar-refractivity contribution in [2.24, 2.45) is 5.92 Å². The monoisotopic (exact) mass is 298 g/mol. The summed E-state index contributed by atoms with van der Waals surface area (Å²) >= 11 is 0. The van der Waals surface area contributed by atoms with Crippen molar-refractivity contribution in [3.63, 3.8) is 0 Å². The van der Waals surface area contributed by atoms with E-state index < -0.39 is 11.6 Å². The van der Waals surface area contributed by atoms with Crippen LogP contribution in [0.4, 0.5) is 14.5 Å². The Bertz CT molecular complexity index is 437. The first kappa shape index (κ1) is 16.2. The number of hydrogen-bond acceptors (Lipinski definition) is 3. The molecule has 3 nitrogen and oxygen atoms in total. The number of hydrogen-bond donors (Lipinski definition) is 1. The molecule has 1 aromatic carbocycles. The van der Waals surface area contributed by atoms with Gasteiger partial charge in [-0.25, -0.2) is 8.78 Å². The summed E-state index contributed by atoms with van der Waals surface area (Å²) in [7, 11) is 1.62. The van der Waals surface area contributed by atoms with Gasteiger partial charge in [0.15, 0.2) is 0 Å². The van der Waals surface area contributed by atoms with Gasteiger partial charge in [-0.1, -0.05) is 6.92 Å². The van der Waals surface area contributed by atoms with Crippen molar-refractivity contribution in [2.75, 3.05) is 38.3 Å². The Morgan fingerprint density at radius 3 is 2.43 bits per heavy atom. The molecular formula is C16H24F2N2O. The number of anilines is 1. The molecule has 0 unspecified atom stereocenters. The molecular weight excluding hydrogens is 274 g/mol. The van der Waals surface area contributed by atoms with Gasteiger partial charge in [0.2, 0.25) is 0 Å². The van der Waals surface area contributed by atoms with Crippen molar-refractivity contribution in [1.82, 2.24) is 5.32 Å². The first-order chi connectivity index (χ1) is 10.1. The van der Waals surface area contributed by atoms with E-state index in [4.69, 9.17) is 4.74 Å². The number of ether oxygens (including phenoxy) is 1. The SMILES string of the molecule is COCCNCc1cc(F)c(N2CCC(C)CC2)c(F)c1. The Kier molecular flexibility index (Phi) is 5.94. The molecule has 1 saturated heterocycles. The molecule has 1 aromatic rings. The third-order valence-corrected chi connectivity index (χ3v) is 3.99. The maximum absolute atomic E-state index is 14.2. The van der Waals surface area contributed by atoms with E-state index in [9.17, 15) is 8.78 Å². The average molecular weight is 298 g/mol. The smallest absolute Gasteiger partial charge is 0.149 e. The molecule has 0 aromatic heterocycles. The molecule has 1 N–H and O–H groups in total. The molecule has 1 aliphatic rings. The summed E-state index contributed by atoms with van der Waals surface area (Å²) in [6.07, 6.45) is 1.97. The molecule has 0 spiro atoms. The summed E-state index contributed by atoms with van der Waals surface area (Å²) in [6.45, 7) is 5.30. The van der Waals surface area contributed by atoms with Gasteiger partial charge in [-0.3, -0.25) is 0 Å². The highest BCUT2D eigenvalue weighted by molar-refractivity contribution is 5.51. The highest BCUT2D eigenvalue weighted by Crippen LogP contribution is 2.29.